The van der Waals surface area contributed by atoms with E-state index in [2.05, 4.69) is 17.1 Å². The summed E-state index contributed by atoms with van der Waals surface area (Å²) < 4.78 is 5.14. The molecule has 1 N–H and O–H groups in total. The molecule has 0 aliphatic carbocycles. The molecule has 1 fully saturated rings. The fourth-order valence-electron chi connectivity index (χ4n) is 2.72. The van der Waals surface area contributed by atoms with Crippen molar-refractivity contribution in [2.75, 3.05) is 25.5 Å². The number of carbonyl (C=O) groups is 1. The smallest absolute Gasteiger partial charge is 0.273 e. The summed E-state index contributed by atoms with van der Waals surface area (Å²) >= 11 is 0. The topological polar surface area (TPSA) is 84.7 Å². The van der Waals surface area contributed by atoms with E-state index < -0.39 is 4.92 Å². The standard InChI is InChI=1S/C16H23N3O4/c1-11-6-8-18(9-7-11)12(2)16(20)17-14-5-4-13(19(21)22)10-15(14)23-3/h4-5,10-12H,6-9H2,1-3H3,(H,17,20)/t12-/m1/s1. The van der Waals surface area contributed by atoms with Gasteiger partial charge in [0.1, 0.15) is 5.75 Å². The molecule has 23 heavy (non-hydrogen) atoms. The van der Waals surface area contributed by atoms with E-state index in [9.17, 15) is 14.9 Å². The second-order valence-electron chi connectivity index (χ2n) is 6.03. The predicted molar refractivity (Wildman–Crippen MR) is 87.7 cm³/mol. The second-order valence-corrected chi connectivity index (χ2v) is 6.03. The van der Waals surface area contributed by atoms with Crippen molar-refractivity contribution in [2.45, 2.75) is 32.7 Å². The number of carbonyl (C=O) groups excluding carboxylic acids is 1. The summed E-state index contributed by atoms with van der Waals surface area (Å²) in [4.78, 5) is 24.9. The summed E-state index contributed by atoms with van der Waals surface area (Å²) in [6.45, 7) is 5.92. The van der Waals surface area contributed by atoms with Gasteiger partial charge in [-0.25, -0.2) is 0 Å². The number of piperidine rings is 1. The number of benzene rings is 1. The zero-order valence-electron chi connectivity index (χ0n) is 13.7. The number of nitrogens with one attached hydrogen (secondary N) is 1. The lowest BCUT2D eigenvalue weighted by Crippen LogP contribution is -2.45. The summed E-state index contributed by atoms with van der Waals surface area (Å²) in [7, 11) is 1.42. The maximum absolute atomic E-state index is 12.4. The molecule has 7 nitrogen and oxygen atoms in total. The van der Waals surface area contributed by atoms with Crippen molar-refractivity contribution in [3.8, 4) is 5.75 Å². The molecule has 7 heteroatoms. The first kappa shape index (κ1) is 17.2. The van der Waals surface area contributed by atoms with Crippen LogP contribution in [0.2, 0.25) is 0 Å². The van der Waals surface area contributed by atoms with Gasteiger partial charge in [0, 0.05) is 6.07 Å². The van der Waals surface area contributed by atoms with Gasteiger partial charge in [0.05, 0.1) is 29.8 Å². The minimum atomic E-state index is -0.494. The fraction of sp³-hybridized carbons (Fsp3) is 0.562. The van der Waals surface area contributed by atoms with Crippen LogP contribution in [0.3, 0.4) is 0 Å². The predicted octanol–water partition coefficient (Wildman–Crippen LogP) is 2.66. The number of anilines is 1. The highest BCUT2D eigenvalue weighted by Gasteiger charge is 2.25. The Morgan fingerprint density at radius 1 is 1.43 bits per heavy atom. The zero-order valence-corrected chi connectivity index (χ0v) is 13.7. The van der Waals surface area contributed by atoms with E-state index in [-0.39, 0.29) is 23.4 Å². The highest BCUT2D eigenvalue weighted by atomic mass is 16.6. The first-order valence-corrected chi connectivity index (χ1v) is 7.79. The Morgan fingerprint density at radius 3 is 2.65 bits per heavy atom. The highest BCUT2D eigenvalue weighted by Crippen LogP contribution is 2.29. The van der Waals surface area contributed by atoms with Gasteiger partial charge in [0.25, 0.3) is 5.69 Å². The summed E-state index contributed by atoms with van der Waals surface area (Å²) in [6.07, 6.45) is 2.19. The Morgan fingerprint density at radius 2 is 2.09 bits per heavy atom. The third-order valence-corrected chi connectivity index (χ3v) is 4.40. The molecule has 1 atom stereocenters. The minimum Gasteiger partial charge on any atom is -0.494 e. The molecule has 1 heterocycles. The largest absolute Gasteiger partial charge is 0.494 e. The van der Waals surface area contributed by atoms with Crippen LogP contribution in [0.4, 0.5) is 11.4 Å². The van der Waals surface area contributed by atoms with Crippen LogP contribution in [0.25, 0.3) is 0 Å². The van der Waals surface area contributed by atoms with Crippen LogP contribution >= 0.6 is 0 Å². The van der Waals surface area contributed by atoms with Gasteiger partial charge in [-0.15, -0.1) is 0 Å². The molecule has 0 spiro atoms. The number of non-ortho nitro benzene ring substituents is 1. The summed E-state index contributed by atoms with van der Waals surface area (Å²) in [5, 5.41) is 13.6. The van der Waals surface area contributed by atoms with Gasteiger partial charge in [-0.2, -0.15) is 0 Å². The molecule has 0 saturated carbocycles. The third-order valence-electron chi connectivity index (χ3n) is 4.40. The third kappa shape index (κ3) is 4.19. The van der Waals surface area contributed by atoms with E-state index in [0.717, 1.165) is 25.9 Å². The van der Waals surface area contributed by atoms with Crippen LogP contribution in [-0.4, -0.2) is 42.0 Å². The molecule has 1 aliphatic heterocycles. The molecular formula is C16H23N3O4. The van der Waals surface area contributed by atoms with Gasteiger partial charge in [0.2, 0.25) is 5.91 Å². The Labute approximate surface area is 135 Å². The number of hydrogen-bond donors (Lipinski definition) is 1. The van der Waals surface area contributed by atoms with Gasteiger partial charge in [0.15, 0.2) is 0 Å². The highest BCUT2D eigenvalue weighted by molar-refractivity contribution is 5.96. The number of rotatable bonds is 5. The van der Waals surface area contributed by atoms with Crippen molar-refractivity contribution in [3.63, 3.8) is 0 Å². The van der Waals surface area contributed by atoms with Crippen molar-refractivity contribution in [2.24, 2.45) is 5.92 Å². The molecule has 1 aliphatic rings. The number of nitro groups is 1. The lowest BCUT2D eigenvalue weighted by Gasteiger charge is -2.34. The fourth-order valence-corrected chi connectivity index (χ4v) is 2.72. The zero-order chi connectivity index (χ0) is 17.0. The molecule has 1 aromatic carbocycles. The number of nitrogens with zero attached hydrogens (tertiary/aromatic N) is 2. The molecular weight excluding hydrogens is 298 g/mol. The average molecular weight is 321 g/mol. The second kappa shape index (κ2) is 7.41. The Balaban J connectivity index is 2.06. The molecule has 2 rings (SSSR count). The quantitative estimate of drug-likeness (QED) is 0.666. The molecule has 0 bridgehead atoms. The van der Waals surface area contributed by atoms with Gasteiger partial charge in [-0.05, 0) is 44.8 Å². The van der Waals surface area contributed by atoms with Crippen LogP contribution in [0, 0.1) is 16.0 Å². The maximum Gasteiger partial charge on any atom is 0.273 e. The van der Waals surface area contributed by atoms with Crippen LogP contribution < -0.4 is 10.1 Å². The van der Waals surface area contributed by atoms with Gasteiger partial charge < -0.3 is 10.1 Å². The lowest BCUT2D eigenvalue weighted by atomic mass is 9.98. The van der Waals surface area contributed by atoms with Crippen molar-refractivity contribution in [1.29, 1.82) is 0 Å². The maximum atomic E-state index is 12.4. The molecule has 1 saturated heterocycles. The van der Waals surface area contributed by atoms with Crippen LogP contribution in [0.1, 0.15) is 26.7 Å². The number of ether oxygens (including phenoxy) is 1. The van der Waals surface area contributed by atoms with Crippen molar-refractivity contribution < 1.29 is 14.5 Å². The molecule has 0 aromatic heterocycles. The Kier molecular flexibility index (Phi) is 5.54. The van der Waals surface area contributed by atoms with Crippen molar-refractivity contribution in [3.05, 3.63) is 28.3 Å². The monoisotopic (exact) mass is 321 g/mol. The van der Waals surface area contributed by atoms with E-state index in [1.165, 1.54) is 25.3 Å². The normalized spacial score (nSPS) is 17.5. The minimum absolute atomic E-state index is 0.0714. The molecule has 0 unspecified atom stereocenters. The summed E-state index contributed by atoms with van der Waals surface area (Å²) in [5.41, 5.74) is 0.373. The van der Waals surface area contributed by atoms with Crippen molar-refractivity contribution in [1.82, 2.24) is 4.90 Å². The van der Waals surface area contributed by atoms with Crippen molar-refractivity contribution >= 4 is 17.3 Å². The van der Waals surface area contributed by atoms with E-state index >= 15 is 0 Å². The average Bonchev–Trinajstić information content (AvgIpc) is 2.55. The summed E-state index contributed by atoms with van der Waals surface area (Å²) in [6, 6.07) is 3.91. The number of methoxy groups -OCH3 is 1. The Bertz CT molecular complexity index is 583. The van der Waals surface area contributed by atoms with E-state index in [4.69, 9.17) is 4.74 Å². The SMILES string of the molecule is COc1cc([N+](=O)[O-])ccc1NC(=O)[C@@H](C)N1CCC(C)CC1. The first-order chi connectivity index (χ1) is 10.9. The number of nitro benzene ring substituents is 1. The van der Waals surface area contributed by atoms with E-state index in [1.807, 2.05) is 6.92 Å². The van der Waals surface area contributed by atoms with Crippen LogP contribution in [-0.2, 0) is 4.79 Å². The molecule has 1 amide bonds. The van der Waals surface area contributed by atoms with E-state index in [0.29, 0.717) is 11.6 Å². The number of hydrogen-bond acceptors (Lipinski definition) is 5. The van der Waals surface area contributed by atoms with Gasteiger partial charge in [-0.1, -0.05) is 6.92 Å². The first-order valence-electron chi connectivity index (χ1n) is 7.79. The Hall–Kier alpha value is -2.15. The molecule has 126 valence electrons. The molecule has 1 aromatic rings. The van der Waals surface area contributed by atoms with Gasteiger partial charge >= 0.3 is 0 Å². The lowest BCUT2D eigenvalue weighted by molar-refractivity contribution is -0.384. The van der Waals surface area contributed by atoms with Crippen LogP contribution in [0.15, 0.2) is 18.2 Å². The number of amides is 1. The molecule has 0 radical (unpaired) electrons. The van der Waals surface area contributed by atoms with Gasteiger partial charge in [-0.3, -0.25) is 19.8 Å². The summed E-state index contributed by atoms with van der Waals surface area (Å²) in [5.74, 6) is 0.856. The van der Waals surface area contributed by atoms with Crippen LogP contribution in [0.5, 0.6) is 5.75 Å². The van der Waals surface area contributed by atoms with E-state index in [1.54, 1.807) is 0 Å². The number of likely N-dealkylation sites (tertiary alicyclic amines) is 1.